The van der Waals surface area contributed by atoms with E-state index in [1.54, 1.807) is 0 Å². The third-order valence-electron chi connectivity index (χ3n) is 3.13. The number of benzene rings is 2. The monoisotopic (exact) mass is 323 g/mol. The van der Waals surface area contributed by atoms with E-state index in [0.29, 0.717) is 0 Å². The average Bonchev–Trinajstić information content (AvgIpc) is 2.88. The highest BCUT2D eigenvalue weighted by molar-refractivity contribution is 6.11. The van der Waals surface area contributed by atoms with Gasteiger partial charge >= 0.3 is 6.61 Å². The van der Waals surface area contributed by atoms with Crippen LogP contribution in [0.3, 0.4) is 0 Å². The lowest BCUT2D eigenvalue weighted by atomic mass is 10.1. The van der Waals surface area contributed by atoms with Crippen LogP contribution in [-0.4, -0.2) is 18.0 Å². The summed E-state index contributed by atoms with van der Waals surface area (Å²) < 4.78 is 39.5. The molecule has 0 fully saturated rings. The van der Waals surface area contributed by atoms with Crippen LogP contribution in [0.5, 0.6) is 11.5 Å². The van der Waals surface area contributed by atoms with E-state index in [1.807, 2.05) is 0 Å². The summed E-state index contributed by atoms with van der Waals surface area (Å²) in [4.78, 5) is 20.9. The maximum absolute atomic E-state index is 12.5. The van der Waals surface area contributed by atoms with Crippen LogP contribution in [0.15, 0.2) is 34.7 Å². The fraction of sp³-hybridized carbons (Fsp3) is 0.0714. The molecule has 0 spiro atoms. The van der Waals surface area contributed by atoms with Crippen LogP contribution in [0, 0.1) is 10.1 Å². The molecule has 0 amide bonds. The zero-order chi connectivity index (χ0) is 16.6. The Morgan fingerprint density at radius 1 is 1.22 bits per heavy atom. The van der Waals surface area contributed by atoms with E-state index in [2.05, 4.69) is 4.74 Å². The van der Waals surface area contributed by atoms with Crippen molar-refractivity contribution in [1.82, 2.24) is 0 Å². The quantitative estimate of drug-likeness (QED) is 0.404. The second-order valence-electron chi connectivity index (χ2n) is 4.40. The molecule has 118 valence electrons. The molecule has 0 aliphatic rings. The lowest BCUT2D eigenvalue weighted by Gasteiger charge is -2.06. The number of non-ortho nitro benzene ring substituents is 1. The van der Waals surface area contributed by atoms with Gasteiger partial charge < -0.3 is 13.9 Å². The van der Waals surface area contributed by atoms with Crippen LogP contribution in [-0.2, 0) is 4.79 Å². The van der Waals surface area contributed by atoms with Crippen molar-refractivity contribution in [2.75, 3.05) is 0 Å². The van der Waals surface area contributed by atoms with E-state index in [-0.39, 0.29) is 45.6 Å². The van der Waals surface area contributed by atoms with Gasteiger partial charge in [-0.05, 0) is 18.2 Å². The predicted octanol–water partition coefficient (Wildman–Crippen LogP) is 3.63. The molecule has 0 unspecified atom stereocenters. The summed E-state index contributed by atoms with van der Waals surface area (Å²) in [5.74, 6) is -0.261. The third kappa shape index (κ3) is 2.52. The summed E-state index contributed by atoms with van der Waals surface area (Å²) in [5, 5.41) is 11.3. The number of ether oxygens (including phenoxy) is 2. The summed E-state index contributed by atoms with van der Waals surface area (Å²) in [5.41, 5.74) is -0.121. The van der Waals surface area contributed by atoms with Gasteiger partial charge in [-0.15, -0.1) is 0 Å². The zero-order valence-electron chi connectivity index (χ0n) is 11.2. The van der Waals surface area contributed by atoms with Gasteiger partial charge in [-0.3, -0.25) is 14.9 Å². The Balaban J connectivity index is 2.36. The summed E-state index contributed by atoms with van der Waals surface area (Å²) in [6.45, 7) is -2.93. The standard InChI is InChI=1S/C14H7F2NO6/c15-14(16)23-11-4-3-10(21-6-18)12-8-5-7(17(19)20)1-2-9(8)22-13(11)12/h1-6,14H. The molecular formula is C14H7F2NO6. The van der Waals surface area contributed by atoms with Gasteiger partial charge in [0.25, 0.3) is 12.2 Å². The van der Waals surface area contributed by atoms with E-state index in [4.69, 9.17) is 9.15 Å². The topological polar surface area (TPSA) is 91.8 Å². The fourth-order valence-electron chi connectivity index (χ4n) is 2.27. The van der Waals surface area contributed by atoms with Crippen molar-refractivity contribution < 1.29 is 32.4 Å². The number of hydrogen-bond acceptors (Lipinski definition) is 6. The second-order valence-corrected chi connectivity index (χ2v) is 4.40. The van der Waals surface area contributed by atoms with Gasteiger partial charge in [0, 0.05) is 17.5 Å². The van der Waals surface area contributed by atoms with Crippen molar-refractivity contribution >= 4 is 34.1 Å². The smallest absolute Gasteiger partial charge is 0.387 e. The van der Waals surface area contributed by atoms with Gasteiger partial charge in [0.05, 0.1) is 10.3 Å². The maximum Gasteiger partial charge on any atom is 0.387 e. The third-order valence-corrected chi connectivity index (χ3v) is 3.13. The van der Waals surface area contributed by atoms with Crippen molar-refractivity contribution in [2.24, 2.45) is 0 Å². The summed E-state index contributed by atoms with van der Waals surface area (Å²) in [6.07, 6.45) is 0. The van der Waals surface area contributed by atoms with Crippen LogP contribution in [0.25, 0.3) is 21.9 Å². The Morgan fingerprint density at radius 3 is 2.61 bits per heavy atom. The molecule has 0 atom stereocenters. The first-order valence-electron chi connectivity index (χ1n) is 6.20. The van der Waals surface area contributed by atoms with Crippen molar-refractivity contribution in [3.05, 3.63) is 40.4 Å². The number of nitro benzene ring substituents is 1. The first-order chi connectivity index (χ1) is 11.0. The fourth-order valence-corrected chi connectivity index (χ4v) is 2.27. The van der Waals surface area contributed by atoms with Gasteiger partial charge in [-0.2, -0.15) is 8.78 Å². The van der Waals surface area contributed by atoms with Gasteiger partial charge in [0.15, 0.2) is 11.3 Å². The minimum atomic E-state index is -3.08. The number of carbonyl (C=O) groups is 1. The molecule has 2 aromatic carbocycles. The van der Waals surface area contributed by atoms with E-state index < -0.39 is 11.5 Å². The Bertz CT molecular complexity index is 920. The lowest BCUT2D eigenvalue weighted by molar-refractivity contribution is -0.384. The summed E-state index contributed by atoms with van der Waals surface area (Å²) >= 11 is 0. The molecule has 0 aliphatic heterocycles. The first kappa shape index (κ1) is 14.7. The van der Waals surface area contributed by atoms with E-state index in [0.717, 1.165) is 6.07 Å². The summed E-state index contributed by atoms with van der Waals surface area (Å²) in [7, 11) is 0. The molecule has 7 nitrogen and oxygen atoms in total. The Kier molecular flexibility index (Phi) is 3.53. The second kappa shape index (κ2) is 5.52. The largest absolute Gasteiger partial charge is 0.452 e. The number of rotatable bonds is 5. The number of alkyl halides is 2. The minimum Gasteiger partial charge on any atom is -0.452 e. The van der Waals surface area contributed by atoms with Crippen LogP contribution in [0.2, 0.25) is 0 Å². The highest BCUT2D eigenvalue weighted by Crippen LogP contribution is 2.42. The molecule has 23 heavy (non-hydrogen) atoms. The normalized spacial score (nSPS) is 11.1. The van der Waals surface area contributed by atoms with Crippen LogP contribution in [0.1, 0.15) is 0 Å². The molecule has 0 saturated heterocycles. The van der Waals surface area contributed by atoms with Gasteiger partial charge in [-0.1, -0.05) is 0 Å². The molecule has 3 rings (SSSR count). The average molecular weight is 323 g/mol. The van der Waals surface area contributed by atoms with Crippen molar-refractivity contribution in [1.29, 1.82) is 0 Å². The Morgan fingerprint density at radius 2 is 1.96 bits per heavy atom. The molecule has 1 aromatic heterocycles. The van der Waals surface area contributed by atoms with Crippen LogP contribution >= 0.6 is 0 Å². The van der Waals surface area contributed by atoms with Gasteiger partial charge in [0.2, 0.25) is 0 Å². The highest BCUT2D eigenvalue weighted by atomic mass is 19.3. The first-order valence-corrected chi connectivity index (χ1v) is 6.20. The molecule has 0 aliphatic carbocycles. The highest BCUT2D eigenvalue weighted by Gasteiger charge is 2.20. The summed E-state index contributed by atoms with van der Waals surface area (Å²) in [6, 6.07) is 6.13. The van der Waals surface area contributed by atoms with Crippen molar-refractivity contribution in [3.8, 4) is 11.5 Å². The number of fused-ring (bicyclic) bond motifs is 3. The molecule has 9 heteroatoms. The maximum atomic E-state index is 12.5. The number of nitrogens with zero attached hydrogens (tertiary/aromatic N) is 1. The SMILES string of the molecule is O=COc1ccc(OC(F)F)c2oc3ccc([N+](=O)[O-])cc3c12. The molecule has 0 radical (unpaired) electrons. The number of halogens is 2. The molecule has 0 N–H and O–H groups in total. The van der Waals surface area contributed by atoms with Crippen LogP contribution in [0.4, 0.5) is 14.5 Å². The minimum absolute atomic E-state index is 0.0101. The Labute approximate surface area is 126 Å². The zero-order valence-corrected chi connectivity index (χ0v) is 11.2. The van der Waals surface area contributed by atoms with Crippen molar-refractivity contribution in [2.45, 2.75) is 6.61 Å². The predicted molar refractivity (Wildman–Crippen MR) is 73.7 cm³/mol. The van der Waals surface area contributed by atoms with Crippen LogP contribution < -0.4 is 9.47 Å². The Hall–Kier alpha value is -3.23. The number of furan rings is 1. The lowest BCUT2D eigenvalue weighted by Crippen LogP contribution is -2.02. The van der Waals surface area contributed by atoms with Crippen molar-refractivity contribution in [3.63, 3.8) is 0 Å². The van der Waals surface area contributed by atoms with E-state index >= 15 is 0 Å². The molecule has 0 bridgehead atoms. The molecule has 0 saturated carbocycles. The van der Waals surface area contributed by atoms with E-state index in [9.17, 15) is 23.7 Å². The number of carbonyl (C=O) groups excluding carboxylic acids is 1. The van der Waals surface area contributed by atoms with Gasteiger partial charge in [-0.25, -0.2) is 0 Å². The molecule has 3 aromatic rings. The molecular weight excluding hydrogens is 316 g/mol. The van der Waals surface area contributed by atoms with E-state index in [1.165, 1.54) is 24.3 Å². The number of hydrogen-bond donors (Lipinski definition) is 0. The van der Waals surface area contributed by atoms with Gasteiger partial charge in [0.1, 0.15) is 11.3 Å². The number of nitro groups is 1. The molecule has 1 heterocycles.